The van der Waals surface area contributed by atoms with Crippen LogP contribution in [0.1, 0.15) is 17.0 Å². The second kappa shape index (κ2) is 8.05. The SMILES string of the molecule is COc1ccc(CN(C)Cn2nc(C)c([N+](=O)[O-])c2C)c(OC)c1OC. The molecule has 0 atom stereocenters. The molecule has 142 valence electrons. The number of benzene rings is 1. The summed E-state index contributed by atoms with van der Waals surface area (Å²) >= 11 is 0. The lowest BCUT2D eigenvalue weighted by Gasteiger charge is -2.21. The molecule has 2 aromatic rings. The molecule has 1 aromatic carbocycles. The molecule has 0 saturated heterocycles. The lowest BCUT2D eigenvalue weighted by molar-refractivity contribution is -0.386. The van der Waals surface area contributed by atoms with Gasteiger partial charge >= 0.3 is 5.69 Å². The fourth-order valence-corrected chi connectivity index (χ4v) is 2.95. The maximum atomic E-state index is 11.1. The highest BCUT2D eigenvalue weighted by atomic mass is 16.6. The molecule has 0 radical (unpaired) electrons. The molecule has 0 bridgehead atoms. The maximum absolute atomic E-state index is 11.1. The summed E-state index contributed by atoms with van der Waals surface area (Å²) in [5.41, 5.74) is 1.90. The van der Waals surface area contributed by atoms with Gasteiger partial charge in [-0.15, -0.1) is 0 Å². The summed E-state index contributed by atoms with van der Waals surface area (Å²) in [6.07, 6.45) is 0. The maximum Gasteiger partial charge on any atom is 0.312 e. The second-order valence-electron chi connectivity index (χ2n) is 5.93. The number of nitrogens with zero attached hydrogens (tertiary/aromatic N) is 4. The summed E-state index contributed by atoms with van der Waals surface area (Å²) < 4.78 is 17.8. The molecule has 0 aliphatic rings. The van der Waals surface area contributed by atoms with Crippen molar-refractivity contribution in [3.8, 4) is 17.2 Å². The molecule has 0 spiro atoms. The van der Waals surface area contributed by atoms with E-state index >= 15 is 0 Å². The Bertz CT molecular complexity index is 803. The van der Waals surface area contributed by atoms with Crippen molar-refractivity contribution in [3.05, 3.63) is 39.2 Å². The van der Waals surface area contributed by atoms with Crippen molar-refractivity contribution in [2.24, 2.45) is 0 Å². The Morgan fingerprint density at radius 2 is 1.81 bits per heavy atom. The van der Waals surface area contributed by atoms with Crippen molar-refractivity contribution in [3.63, 3.8) is 0 Å². The molecule has 0 N–H and O–H groups in total. The minimum absolute atomic E-state index is 0.0575. The lowest BCUT2D eigenvalue weighted by Crippen LogP contribution is -2.23. The normalized spacial score (nSPS) is 10.9. The van der Waals surface area contributed by atoms with E-state index < -0.39 is 4.92 Å². The molecular formula is C17H24N4O5. The molecule has 0 aliphatic heterocycles. The van der Waals surface area contributed by atoms with Crippen molar-refractivity contribution in [2.45, 2.75) is 27.1 Å². The van der Waals surface area contributed by atoms with Gasteiger partial charge in [-0.3, -0.25) is 15.0 Å². The van der Waals surface area contributed by atoms with Gasteiger partial charge in [0.15, 0.2) is 11.5 Å². The molecule has 1 heterocycles. The first-order valence-electron chi connectivity index (χ1n) is 7.98. The van der Waals surface area contributed by atoms with E-state index in [0.29, 0.717) is 41.8 Å². The number of hydrogen-bond acceptors (Lipinski definition) is 7. The monoisotopic (exact) mass is 364 g/mol. The lowest BCUT2D eigenvalue weighted by atomic mass is 10.1. The Morgan fingerprint density at radius 1 is 1.15 bits per heavy atom. The summed E-state index contributed by atoms with van der Waals surface area (Å²) in [4.78, 5) is 12.7. The Labute approximate surface area is 152 Å². The van der Waals surface area contributed by atoms with Crippen LogP contribution in [-0.4, -0.2) is 48.0 Å². The van der Waals surface area contributed by atoms with Gasteiger partial charge in [-0.1, -0.05) is 6.07 Å². The minimum Gasteiger partial charge on any atom is -0.493 e. The molecule has 0 saturated carbocycles. The first-order valence-corrected chi connectivity index (χ1v) is 7.98. The third-order valence-electron chi connectivity index (χ3n) is 4.13. The van der Waals surface area contributed by atoms with Crippen molar-refractivity contribution in [2.75, 3.05) is 28.4 Å². The van der Waals surface area contributed by atoms with Crippen LogP contribution in [0.25, 0.3) is 0 Å². The minimum atomic E-state index is -0.397. The molecule has 2 rings (SSSR count). The molecule has 0 aliphatic carbocycles. The van der Waals surface area contributed by atoms with Crippen molar-refractivity contribution < 1.29 is 19.1 Å². The highest BCUT2D eigenvalue weighted by Crippen LogP contribution is 2.40. The van der Waals surface area contributed by atoms with E-state index in [1.165, 1.54) is 0 Å². The zero-order valence-electron chi connectivity index (χ0n) is 15.9. The quantitative estimate of drug-likeness (QED) is 0.525. The molecule has 0 amide bonds. The first kappa shape index (κ1) is 19.5. The predicted octanol–water partition coefficient (Wildman–Crippen LogP) is 2.52. The van der Waals surface area contributed by atoms with Gasteiger partial charge in [-0.05, 0) is 27.0 Å². The number of ether oxygens (including phenoxy) is 3. The van der Waals surface area contributed by atoms with Crippen LogP contribution >= 0.6 is 0 Å². The van der Waals surface area contributed by atoms with Crippen molar-refractivity contribution in [1.82, 2.24) is 14.7 Å². The van der Waals surface area contributed by atoms with E-state index in [2.05, 4.69) is 5.10 Å². The molecule has 0 unspecified atom stereocenters. The van der Waals surface area contributed by atoms with E-state index in [-0.39, 0.29) is 5.69 Å². The number of rotatable bonds is 8. The fourth-order valence-electron chi connectivity index (χ4n) is 2.95. The fraction of sp³-hybridized carbons (Fsp3) is 0.471. The van der Waals surface area contributed by atoms with E-state index in [9.17, 15) is 10.1 Å². The molecule has 1 aromatic heterocycles. The van der Waals surface area contributed by atoms with Gasteiger partial charge < -0.3 is 14.2 Å². The Balaban J connectivity index is 2.25. The first-order chi connectivity index (χ1) is 12.3. The van der Waals surface area contributed by atoms with Gasteiger partial charge in [0, 0.05) is 12.1 Å². The third-order valence-corrected chi connectivity index (χ3v) is 4.13. The highest BCUT2D eigenvalue weighted by molar-refractivity contribution is 5.55. The smallest absolute Gasteiger partial charge is 0.312 e. The zero-order chi connectivity index (χ0) is 19.4. The number of aromatic nitrogens is 2. The van der Waals surface area contributed by atoms with E-state index in [1.54, 1.807) is 39.9 Å². The van der Waals surface area contributed by atoms with Crippen LogP contribution in [0.2, 0.25) is 0 Å². The second-order valence-corrected chi connectivity index (χ2v) is 5.93. The van der Waals surface area contributed by atoms with Crippen molar-refractivity contribution >= 4 is 5.69 Å². The Hall–Kier alpha value is -2.81. The summed E-state index contributed by atoms with van der Waals surface area (Å²) in [5.74, 6) is 1.71. The average molecular weight is 364 g/mol. The van der Waals surface area contributed by atoms with Gasteiger partial charge in [0.25, 0.3) is 0 Å². The Kier molecular flexibility index (Phi) is 6.04. The summed E-state index contributed by atoms with van der Waals surface area (Å²) in [6, 6.07) is 3.72. The molecule has 9 heteroatoms. The highest BCUT2D eigenvalue weighted by Gasteiger charge is 2.23. The van der Waals surface area contributed by atoms with Crippen LogP contribution in [0.4, 0.5) is 5.69 Å². The van der Waals surface area contributed by atoms with E-state index in [4.69, 9.17) is 14.2 Å². The van der Waals surface area contributed by atoms with Gasteiger partial charge in [-0.25, -0.2) is 4.68 Å². The van der Waals surface area contributed by atoms with Gasteiger partial charge in [0.05, 0.1) is 32.9 Å². The summed E-state index contributed by atoms with van der Waals surface area (Å²) in [6.45, 7) is 4.27. The van der Waals surface area contributed by atoms with Crippen LogP contribution in [0.15, 0.2) is 12.1 Å². The number of methoxy groups -OCH3 is 3. The summed E-state index contributed by atoms with van der Waals surface area (Å²) in [7, 11) is 6.60. The van der Waals surface area contributed by atoms with Crippen LogP contribution in [0.5, 0.6) is 17.2 Å². The number of aryl methyl sites for hydroxylation is 1. The van der Waals surface area contributed by atoms with Gasteiger partial charge in [0.1, 0.15) is 11.4 Å². The molecule has 9 nitrogen and oxygen atoms in total. The van der Waals surface area contributed by atoms with E-state index in [1.807, 2.05) is 24.1 Å². The van der Waals surface area contributed by atoms with Crippen LogP contribution in [-0.2, 0) is 13.2 Å². The zero-order valence-corrected chi connectivity index (χ0v) is 15.9. The molecule has 26 heavy (non-hydrogen) atoms. The molecule has 0 fully saturated rings. The largest absolute Gasteiger partial charge is 0.493 e. The van der Waals surface area contributed by atoms with Crippen LogP contribution < -0.4 is 14.2 Å². The van der Waals surface area contributed by atoms with Crippen LogP contribution in [0.3, 0.4) is 0 Å². The number of nitro groups is 1. The van der Waals surface area contributed by atoms with Crippen molar-refractivity contribution in [1.29, 1.82) is 0 Å². The standard InChI is InChI=1S/C17H24N4O5/c1-11-15(21(22)23)12(2)20(18-11)10-19(3)9-13-7-8-14(24-4)17(26-6)16(13)25-5/h7-8H,9-10H2,1-6H3. The average Bonchev–Trinajstić information content (AvgIpc) is 2.87. The van der Waals surface area contributed by atoms with Crippen LogP contribution in [0, 0.1) is 24.0 Å². The predicted molar refractivity (Wildman–Crippen MR) is 95.9 cm³/mol. The molecular weight excluding hydrogens is 340 g/mol. The van der Waals surface area contributed by atoms with Gasteiger partial charge in [0.2, 0.25) is 5.75 Å². The topological polar surface area (TPSA) is 91.9 Å². The third kappa shape index (κ3) is 3.72. The number of hydrogen-bond donors (Lipinski definition) is 0. The van der Waals surface area contributed by atoms with E-state index in [0.717, 1.165) is 5.56 Å². The Morgan fingerprint density at radius 3 is 2.31 bits per heavy atom. The van der Waals surface area contributed by atoms with Gasteiger partial charge in [-0.2, -0.15) is 5.10 Å². The summed E-state index contributed by atoms with van der Waals surface area (Å²) in [5, 5.41) is 15.4.